The Morgan fingerprint density at radius 3 is 2.28 bits per heavy atom. The summed E-state index contributed by atoms with van der Waals surface area (Å²) in [5, 5.41) is 6.76. The lowest BCUT2D eigenvalue weighted by atomic mass is 10.1. The quantitative estimate of drug-likeness (QED) is 0.719. The SMILES string of the molecule is CN(C)C(=O)Cc1ccc(NC(=O)c2ccc(=O)n(-c3ccc(F)cc3)n2)cc1. The van der Waals surface area contributed by atoms with Crippen molar-refractivity contribution in [3.05, 3.63) is 88.1 Å². The van der Waals surface area contributed by atoms with Crippen LogP contribution in [0.25, 0.3) is 5.69 Å². The number of aromatic nitrogens is 2. The van der Waals surface area contributed by atoms with E-state index >= 15 is 0 Å². The third-order valence-corrected chi connectivity index (χ3v) is 4.17. The Bertz CT molecular complexity index is 1090. The maximum atomic E-state index is 13.1. The Morgan fingerprint density at radius 2 is 1.66 bits per heavy atom. The van der Waals surface area contributed by atoms with E-state index in [1.54, 1.807) is 38.4 Å². The van der Waals surface area contributed by atoms with E-state index in [4.69, 9.17) is 0 Å². The molecule has 7 nitrogen and oxygen atoms in total. The minimum atomic E-state index is -0.502. The number of likely N-dealkylation sites (N-methyl/N-ethyl adjacent to an activating group) is 1. The fraction of sp³-hybridized carbons (Fsp3) is 0.143. The Hall–Kier alpha value is -3.81. The zero-order valence-corrected chi connectivity index (χ0v) is 15.9. The van der Waals surface area contributed by atoms with Gasteiger partial charge in [0.05, 0.1) is 12.1 Å². The monoisotopic (exact) mass is 394 g/mol. The zero-order valence-electron chi connectivity index (χ0n) is 15.9. The molecule has 1 N–H and O–H groups in total. The second kappa shape index (κ2) is 8.47. The van der Waals surface area contributed by atoms with Crippen LogP contribution in [0.1, 0.15) is 16.1 Å². The minimum absolute atomic E-state index is 0.0194. The summed E-state index contributed by atoms with van der Waals surface area (Å²) in [4.78, 5) is 37.8. The number of benzene rings is 2. The van der Waals surface area contributed by atoms with E-state index < -0.39 is 17.3 Å². The van der Waals surface area contributed by atoms with E-state index in [-0.39, 0.29) is 18.0 Å². The summed E-state index contributed by atoms with van der Waals surface area (Å²) in [6, 6.07) is 14.6. The molecule has 0 bridgehead atoms. The van der Waals surface area contributed by atoms with Crippen LogP contribution < -0.4 is 10.9 Å². The van der Waals surface area contributed by atoms with Gasteiger partial charge in [-0.15, -0.1) is 0 Å². The van der Waals surface area contributed by atoms with Gasteiger partial charge < -0.3 is 10.2 Å². The molecule has 8 heteroatoms. The van der Waals surface area contributed by atoms with Crippen LogP contribution in [0.2, 0.25) is 0 Å². The average Bonchev–Trinajstić information content (AvgIpc) is 2.70. The molecular weight excluding hydrogens is 375 g/mol. The van der Waals surface area contributed by atoms with E-state index in [1.807, 2.05) is 0 Å². The lowest BCUT2D eigenvalue weighted by Gasteiger charge is -2.11. The minimum Gasteiger partial charge on any atom is -0.349 e. The number of carbonyl (C=O) groups is 2. The molecule has 0 unspecified atom stereocenters. The number of nitrogens with one attached hydrogen (secondary N) is 1. The number of halogens is 1. The van der Waals surface area contributed by atoms with E-state index in [0.29, 0.717) is 11.4 Å². The second-order valence-corrected chi connectivity index (χ2v) is 6.56. The van der Waals surface area contributed by atoms with Gasteiger partial charge in [0.2, 0.25) is 5.91 Å². The highest BCUT2D eigenvalue weighted by Crippen LogP contribution is 2.12. The largest absolute Gasteiger partial charge is 0.349 e. The summed E-state index contributed by atoms with van der Waals surface area (Å²) in [5.41, 5.74) is 1.28. The molecule has 0 fully saturated rings. The molecule has 3 aromatic rings. The summed E-state index contributed by atoms with van der Waals surface area (Å²) in [6.45, 7) is 0. The number of hydrogen-bond acceptors (Lipinski definition) is 4. The molecule has 1 aromatic heterocycles. The first-order valence-corrected chi connectivity index (χ1v) is 8.80. The van der Waals surface area contributed by atoms with Crippen molar-refractivity contribution in [2.75, 3.05) is 19.4 Å². The van der Waals surface area contributed by atoms with Gasteiger partial charge in [0, 0.05) is 25.8 Å². The summed E-state index contributed by atoms with van der Waals surface area (Å²) in [5.74, 6) is -0.960. The van der Waals surface area contributed by atoms with Crippen LogP contribution in [0.4, 0.5) is 10.1 Å². The molecule has 0 saturated heterocycles. The number of anilines is 1. The van der Waals surface area contributed by atoms with Crippen molar-refractivity contribution < 1.29 is 14.0 Å². The second-order valence-electron chi connectivity index (χ2n) is 6.56. The molecule has 148 valence electrons. The molecule has 0 radical (unpaired) electrons. The molecule has 3 rings (SSSR count). The first-order valence-electron chi connectivity index (χ1n) is 8.80. The summed E-state index contributed by atoms with van der Waals surface area (Å²) in [7, 11) is 3.38. The van der Waals surface area contributed by atoms with Gasteiger partial charge >= 0.3 is 0 Å². The third-order valence-electron chi connectivity index (χ3n) is 4.17. The van der Waals surface area contributed by atoms with E-state index in [9.17, 15) is 18.8 Å². The van der Waals surface area contributed by atoms with Crippen molar-refractivity contribution >= 4 is 17.5 Å². The van der Waals surface area contributed by atoms with Crippen LogP contribution in [0.15, 0.2) is 65.5 Å². The maximum Gasteiger partial charge on any atom is 0.276 e. The maximum absolute atomic E-state index is 13.1. The number of amides is 2. The smallest absolute Gasteiger partial charge is 0.276 e. The fourth-order valence-corrected chi connectivity index (χ4v) is 2.53. The van der Waals surface area contributed by atoms with E-state index in [1.165, 1.54) is 41.3 Å². The first kappa shape index (κ1) is 19.9. The standard InChI is InChI=1S/C21H19FN4O3/c1-25(2)20(28)13-14-3-7-16(8-4-14)23-21(29)18-11-12-19(27)26(24-18)17-9-5-15(22)6-10-17/h3-12H,13H2,1-2H3,(H,23,29). The molecule has 0 saturated carbocycles. The highest BCUT2D eigenvalue weighted by molar-refractivity contribution is 6.02. The molecule has 2 aromatic carbocycles. The topological polar surface area (TPSA) is 84.3 Å². The number of hydrogen-bond donors (Lipinski definition) is 1. The van der Waals surface area contributed by atoms with Crippen molar-refractivity contribution in [1.82, 2.24) is 14.7 Å². The fourth-order valence-electron chi connectivity index (χ4n) is 2.53. The number of carbonyl (C=O) groups excluding carboxylic acids is 2. The van der Waals surface area contributed by atoms with Crippen LogP contribution in [0.5, 0.6) is 0 Å². The Kier molecular flexibility index (Phi) is 5.82. The predicted molar refractivity (Wildman–Crippen MR) is 107 cm³/mol. The van der Waals surface area contributed by atoms with Gasteiger partial charge in [-0.05, 0) is 48.0 Å². The predicted octanol–water partition coefficient (Wildman–Crippen LogP) is 2.25. The highest BCUT2D eigenvalue weighted by atomic mass is 19.1. The first-order chi connectivity index (χ1) is 13.8. The van der Waals surface area contributed by atoms with Gasteiger partial charge in [-0.25, -0.2) is 4.39 Å². The van der Waals surface area contributed by atoms with E-state index in [2.05, 4.69) is 10.4 Å². The molecule has 0 atom stereocenters. The Labute approximate surface area is 166 Å². The van der Waals surface area contributed by atoms with E-state index in [0.717, 1.165) is 10.2 Å². The lowest BCUT2D eigenvalue weighted by Crippen LogP contribution is -2.25. The lowest BCUT2D eigenvalue weighted by molar-refractivity contribution is -0.127. The molecular formula is C21H19FN4O3. The van der Waals surface area contributed by atoms with Crippen LogP contribution in [-0.2, 0) is 11.2 Å². The van der Waals surface area contributed by atoms with Crippen LogP contribution in [-0.4, -0.2) is 40.6 Å². The van der Waals surface area contributed by atoms with Gasteiger partial charge in [-0.2, -0.15) is 9.78 Å². The Balaban J connectivity index is 1.75. The molecule has 0 aliphatic heterocycles. The van der Waals surface area contributed by atoms with Crippen LogP contribution in [0, 0.1) is 5.82 Å². The summed E-state index contributed by atoms with van der Waals surface area (Å²) >= 11 is 0. The third kappa shape index (κ3) is 4.92. The Morgan fingerprint density at radius 1 is 1.00 bits per heavy atom. The summed E-state index contributed by atoms with van der Waals surface area (Å²) < 4.78 is 14.1. The normalized spacial score (nSPS) is 10.4. The van der Waals surface area contributed by atoms with Crippen LogP contribution in [0.3, 0.4) is 0 Å². The molecule has 0 aliphatic rings. The molecule has 29 heavy (non-hydrogen) atoms. The van der Waals surface area contributed by atoms with Gasteiger partial charge in [0.1, 0.15) is 11.5 Å². The van der Waals surface area contributed by atoms with Crippen molar-refractivity contribution in [2.24, 2.45) is 0 Å². The average molecular weight is 394 g/mol. The molecule has 1 heterocycles. The summed E-state index contributed by atoms with van der Waals surface area (Å²) in [6.07, 6.45) is 0.269. The van der Waals surface area contributed by atoms with Crippen molar-refractivity contribution in [3.63, 3.8) is 0 Å². The van der Waals surface area contributed by atoms with Crippen molar-refractivity contribution in [3.8, 4) is 5.69 Å². The number of nitrogens with zero attached hydrogens (tertiary/aromatic N) is 3. The zero-order chi connectivity index (χ0) is 21.0. The molecule has 0 aliphatic carbocycles. The van der Waals surface area contributed by atoms with Crippen molar-refractivity contribution in [1.29, 1.82) is 0 Å². The highest BCUT2D eigenvalue weighted by Gasteiger charge is 2.12. The molecule has 0 spiro atoms. The van der Waals surface area contributed by atoms with Gasteiger partial charge in [-0.1, -0.05) is 12.1 Å². The number of rotatable bonds is 5. The van der Waals surface area contributed by atoms with Gasteiger partial charge in [0.25, 0.3) is 11.5 Å². The molecule has 2 amide bonds. The van der Waals surface area contributed by atoms with Crippen LogP contribution >= 0.6 is 0 Å². The van der Waals surface area contributed by atoms with Gasteiger partial charge in [0.15, 0.2) is 0 Å². The van der Waals surface area contributed by atoms with Gasteiger partial charge in [-0.3, -0.25) is 14.4 Å². The van der Waals surface area contributed by atoms with Crippen molar-refractivity contribution in [2.45, 2.75) is 6.42 Å².